The molecule has 1 amide bonds. The number of para-hydroxylation sites is 2. The van der Waals surface area contributed by atoms with Gasteiger partial charge in [0.1, 0.15) is 5.75 Å². The Labute approximate surface area is 164 Å². The van der Waals surface area contributed by atoms with Crippen LogP contribution in [-0.4, -0.2) is 47.3 Å². The number of amides is 1. The van der Waals surface area contributed by atoms with Gasteiger partial charge in [0.2, 0.25) is 5.91 Å². The molecule has 2 heterocycles. The molecule has 1 saturated heterocycles. The molecule has 1 unspecified atom stereocenters. The third-order valence-electron chi connectivity index (χ3n) is 5.07. The van der Waals surface area contributed by atoms with Crippen LogP contribution in [0.3, 0.4) is 0 Å². The fraction of sp³-hybridized carbons (Fsp3) is 0.273. The van der Waals surface area contributed by atoms with Gasteiger partial charge in [-0.3, -0.25) is 4.79 Å². The predicted octanol–water partition coefficient (Wildman–Crippen LogP) is 2.60. The van der Waals surface area contributed by atoms with E-state index in [0.717, 1.165) is 35.7 Å². The smallest absolute Gasteiger partial charge is 0.227 e. The van der Waals surface area contributed by atoms with Gasteiger partial charge in [0.05, 0.1) is 31.5 Å². The maximum atomic E-state index is 13.1. The fourth-order valence-corrected chi connectivity index (χ4v) is 3.67. The summed E-state index contributed by atoms with van der Waals surface area (Å²) in [6, 6.07) is 17.8. The number of carbonyl (C=O) groups is 1. The first-order valence-corrected chi connectivity index (χ1v) is 9.48. The maximum absolute atomic E-state index is 13.1. The number of ether oxygens (including phenoxy) is 1. The maximum Gasteiger partial charge on any atom is 0.227 e. The molecule has 1 N–H and O–H groups in total. The van der Waals surface area contributed by atoms with E-state index in [4.69, 9.17) is 4.74 Å². The van der Waals surface area contributed by atoms with Crippen LogP contribution in [0, 0.1) is 0 Å². The summed E-state index contributed by atoms with van der Waals surface area (Å²) in [5.41, 5.74) is 2.92. The van der Waals surface area contributed by atoms with E-state index in [1.165, 1.54) is 0 Å². The number of hydrogen-bond donors (Lipinski definition) is 1. The van der Waals surface area contributed by atoms with Crippen LogP contribution in [0.1, 0.15) is 17.2 Å². The normalized spacial score (nSPS) is 16.8. The first-order chi connectivity index (χ1) is 13.8. The topological polar surface area (TPSA) is 59.4 Å². The van der Waals surface area contributed by atoms with Gasteiger partial charge in [-0.05, 0) is 23.8 Å². The highest BCUT2D eigenvalue weighted by atomic mass is 16.5. The first-order valence-electron chi connectivity index (χ1n) is 9.48. The number of methoxy groups -OCH3 is 1. The lowest BCUT2D eigenvalue weighted by molar-refractivity contribution is -0.133. The van der Waals surface area contributed by atoms with E-state index >= 15 is 0 Å². The average molecular weight is 376 g/mol. The molecule has 1 fully saturated rings. The Hall–Kier alpha value is -3.12. The van der Waals surface area contributed by atoms with Crippen molar-refractivity contribution in [2.24, 2.45) is 0 Å². The zero-order valence-electron chi connectivity index (χ0n) is 15.9. The summed E-state index contributed by atoms with van der Waals surface area (Å²) >= 11 is 0. The number of benzene rings is 2. The number of piperazine rings is 1. The summed E-state index contributed by atoms with van der Waals surface area (Å²) in [6.07, 6.45) is 4.03. The molecular weight excluding hydrogens is 352 g/mol. The Balaban J connectivity index is 1.52. The van der Waals surface area contributed by atoms with E-state index < -0.39 is 0 Å². The van der Waals surface area contributed by atoms with Crippen molar-refractivity contribution in [1.82, 2.24) is 20.0 Å². The van der Waals surface area contributed by atoms with Crippen molar-refractivity contribution >= 4 is 5.91 Å². The molecule has 1 aliphatic heterocycles. The van der Waals surface area contributed by atoms with Crippen molar-refractivity contribution in [3.8, 4) is 11.4 Å². The van der Waals surface area contributed by atoms with Gasteiger partial charge in [-0.15, -0.1) is 0 Å². The molecule has 1 aliphatic rings. The zero-order chi connectivity index (χ0) is 19.3. The van der Waals surface area contributed by atoms with Gasteiger partial charge in [-0.2, -0.15) is 5.10 Å². The van der Waals surface area contributed by atoms with Gasteiger partial charge in [0, 0.05) is 31.4 Å². The average Bonchev–Trinajstić information content (AvgIpc) is 3.23. The number of rotatable bonds is 5. The van der Waals surface area contributed by atoms with Crippen molar-refractivity contribution in [2.75, 3.05) is 26.7 Å². The van der Waals surface area contributed by atoms with E-state index in [-0.39, 0.29) is 11.9 Å². The standard InChI is InChI=1S/C22H24N4O2/c1-28-21-10-6-5-9-19(21)20-15-23-11-12-25(20)22(27)13-17-14-24-26(16-17)18-7-3-2-4-8-18/h2-10,14,16,20,23H,11-13,15H2,1H3. The number of aromatic nitrogens is 2. The van der Waals surface area contributed by atoms with Crippen molar-refractivity contribution in [1.29, 1.82) is 0 Å². The number of carbonyl (C=O) groups excluding carboxylic acids is 1. The van der Waals surface area contributed by atoms with Gasteiger partial charge >= 0.3 is 0 Å². The second-order valence-corrected chi connectivity index (χ2v) is 6.85. The van der Waals surface area contributed by atoms with Crippen LogP contribution in [0.25, 0.3) is 5.69 Å². The Bertz CT molecular complexity index is 938. The number of hydrogen-bond acceptors (Lipinski definition) is 4. The second-order valence-electron chi connectivity index (χ2n) is 6.85. The van der Waals surface area contributed by atoms with Crippen molar-refractivity contribution < 1.29 is 9.53 Å². The molecule has 2 aromatic carbocycles. The zero-order valence-corrected chi connectivity index (χ0v) is 15.9. The summed E-state index contributed by atoms with van der Waals surface area (Å²) in [5, 5.41) is 7.80. The molecule has 6 heteroatoms. The summed E-state index contributed by atoms with van der Waals surface area (Å²) in [4.78, 5) is 15.1. The molecule has 6 nitrogen and oxygen atoms in total. The van der Waals surface area contributed by atoms with Gasteiger partial charge in [0.15, 0.2) is 0 Å². The molecule has 28 heavy (non-hydrogen) atoms. The second kappa shape index (κ2) is 8.27. The monoisotopic (exact) mass is 376 g/mol. The Morgan fingerprint density at radius 3 is 2.79 bits per heavy atom. The first kappa shape index (κ1) is 18.3. The third-order valence-corrected chi connectivity index (χ3v) is 5.07. The minimum absolute atomic E-state index is 0.0402. The molecule has 1 aromatic heterocycles. The van der Waals surface area contributed by atoms with Crippen LogP contribution in [-0.2, 0) is 11.2 Å². The highest BCUT2D eigenvalue weighted by molar-refractivity contribution is 5.79. The lowest BCUT2D eigenvalue weighted by Gasteiger charge is -2.37. The van der Waals surface area contributed by atoms with Gasteiger partial charge in [0.25, 0.3) is 0 Å². The SMILES string of the molecule is COc1ccccc1C1CNCCN1C(=O)Cc1cnn(-c2ccccc2)c1. The summed E-state index contributed by atoms with van der Waals surface area (Å²) < 4.78 is 7.32. The van der Waals surface area contributed by atoms with Crippen LogP contribution in [0.2, 0.25) is 0 Å². The van der Waals surface area contributed by atoms with Crippen LogP contribution in [0.5, 0.6) is 5.75 Å². The van der Waals surface area contributed by atoms with Gasteiger partial charge in [-0.25, -0.2) is 4.68 Å². The molecule has 0 spiro atoms. The van der Waals surface area contributed by atoms with Crippen molar-refractivity contribution in [2.45, 2.75) is 12.5 Å². The molecule has 144 valence electrons. The lowest BCUT2D eigenvalue weighted by Crippen LogP contribution is -2.49. The van der Waals surface area contributed by atoms with Crippen LogP contribution >= 0.6 is 0 Å². The third kappa shape index (κ3) is 3.77. The van der Waals surface area contributed by atoms with Gasteiger partial charge in [-0.1, -0.05) is 36.4 Å². The molecule has 0 saturated carbocycles. The van der Waals surface area contributed by atoms with E-state index in [2.05, 4.69) is 10.4 Å². The fourth-order valence-electron chi connectivity index (χ4n) is 3.67. The lowest BCUT2D eigenvalue weighted by atomic mass is 10.0. The summed E-state index contributed by atoms with van der Waals surface area (Å²) in [6.45, 7) is 2.18. The molecule has 0 bridgehead atoms. The molecular formula is C22H24N4O2. The number of nitrogens with one attached hydrogen (secondary N) is 1. The Morgan fingerprint density at radius 2 is 1.96 bits per heavy atom. The van der Waals surface area contributed by atoms with Crippen LogP contribution in [0.15, 0.2) is 67.0 Å². The van der Waals surface area contributed by atoms with E-state index in [1.54, 1.807) is 18.0 Å². The predicted molar refractivity (Wildman–Crippen MR) is 108 cm³/mol. The summed E-state index contributed by atoms with van der Waals surface area (Å²) in [7, 11) is 1.67. The quantitative estimate of drug-likeness (QED) is 0.744. The molecule has 1 atom stereocenters. The summed E-state index contributed by atoms with van der Waals surface area (Å²) in [5.74, 6) is 0.913. The number of nitrogens with zero attached hydrogens (tertiary/aromatic N) is 3. The van der Waals surface area contributed by atoms with Crippen molar-refractivity contribution in [3.05, 3.63) is 78.1 Å². The molecule has 4 rings (SSSR count). The van der Waals surface area contributed by atoms with E-state index in [1.807, 2.05) is 65.7 Å². The van der Waals surface area contributed by atoms with Crippen LogP contribution in [0.4, 0.5) is 0 Å². The molecule has 0 radical (unpaired) electrons. The Morgan fingerprint density at radius 1 is 1.18 bits per heavy atom. The minimum Gasteiger partial charge on any atom is -0.496 e. The highest BCUT2D eigenvalue weighted by Gasteiger charge is 2.29. The Kier molecular flexibility index (Phi) is 5.39. The van der Waals surface area contributed by atoms with Crippen molar-refractivity contribution in [3.63, 3.8) is 0 Å². The molecule has 0 aliphatic carbocycles. The largest absolute Gasteiger partial charge is 0.496 e. The van der Waals surface area contributed by atoms with Crippen LogP contribution < -0.4 is 10.1 Å². The molecule has 3 aromatic rings. The highest BCUT2D eigenvalue weighted by Crippen LogP contribution is 2.30. The van der Waals surface area contributed by atoms with E-state index in [9.17, 15) is 4.79 Å². The minimum atomic E-state index is -0.0402. The van der Waals surface area contributed by atoms with E-state index in [0.29, 0.717) is 13.0 Å². The van der Waals surface area contributed by atoms with Gasteiger partial charge < -0.3 is 15.0 Å².